The van der Waals surface area contributed by atoms with Crippen molar-refractivity contribution < 1.29 is 9.53 Å². The highest BCUT2D eigenvalue weighted by Gasteiger charge is 2.10. The molecule has 3 aromatic carbocycles. The van der Waals surface area contributed by atoms with Gasteiger partial charge < -0.3 is 21.1 Å². The number of halogens is 1. The molecule has 0 aliphatic rings. The standard InChI is InChI=1S/C24H20ClN5O2/c1-32-22-11-4-16(25)12-20(22)21-13-23(28-14-27-21)29-18-7-9-19(10-8-18)30-24(31)15-2-5-17(26)6-3-15/h2-14H,26H2,1H3,(H,30,31)(H,27,28,29). The zero-order valence-corrected chi connectivity index (χ0v) is 17.9. The summed E-state index contributed by atoms with van der Waals surface area (Å²) >= 11 is 6.14. The number of hydrogen-bond donors (Lipinski definition) is 3. The molecule has 0 saturated carbocycles. The lowest BCUT2D eigenvalue weighted by Crippen LogP contribution is -2.11. The Labute approximate surface area is 190 Å². The summed E-state index contributed by atoms with van der Waals surface area (Å²) in [6.45, 7) is 0. The van der Waals surface area contributed by atoms with Gasteiger partial charge in [0.1, 0.15) is 17.9 Å². The minimum atomic E-state index is -0.207. The van der Waals surface area contributed by atoms with Crippen LogP contribution >= 0.6 is 11.6 Å². The molecule has 4 N–H and O–H groups in total. The van der Waals surface area contributed by atoms with E-state index in [4.69, 9.17) is 22.1 Å². The second-order valence-electron chi connectivity index (χ2n) is 6.91. The lowest BCUT2D eigenvalue weighted by Gasteiger charge is -2.11. The molecule has 0 atom stereocenters. The first kappa shape index (κ1) is 21.1. The van der Waals surface area contributed by atoms with Crippen LogP contribution in [0, 0.1) is 0 Å². The van der Waals surface area contributed by atoms with E-state index in [0.29, 0.717) is 39.2 Å². The van der Waals surface area contributed by atoms with Crippen molar-refractivity contribution in [2.45, 2.75) is 0 Å². The first-order valence-electron chi connectivity index (χ1n) is 9.72. The van der Waals surface area contributed by atoms with Gasteiger partial charge in [-0.05, 0) is 66.7 Å². The van der Waals surface area contributed by atoms with Crippen molar-refractivity contribution in [3.8, 4) is 17.0 Å². The molecule has 0 saturated heterocycles. The Morgan fingerprint density at radius 3 is 2.38 bits per heavy atom. The van der Waals surface area contributed by atoms with Crippen LogP contribution in [0.5, 0.6) is 5.75 Å². The van der Waals surface area contributed by atoms with E-state index in [2.05, 4.69) is 20.6 Å². The number of nitrogens with two attached hydrogens (primary N) is 1. The van der Waals surface area contributed by atoms with Gasteiger partial charge in [-0.1, -0.05) is 11.6 Å². The number of hydrogen-bond acceptors (Lipinski definition) is 6. The zero-order valence-electron chi connectivity index (χ0n) is 17.2. The topological polar surface area (TPSA) is 102 Å². The third kappa shape index (κ3) is 4.96. The van der Waals surface area contributed by atoms with E-state index in [1.165, 1.54) is 6.33 Å². The van der Waals surface area contributed by atoms with Crippen molar-refractivity contribution in [1.29, 1.82) is 0 Å². The maximum atomic E-state index is 12.3. The summed E-state index contributed by atoms with van der Waals surface area (Å²) < 4.78 is 5.42. The molecule has 32 heavy (non-hydrogen) atoms. The minimum absolute atomic E-state index is 0.207. The van der Waals surface area contributed by atoms with Crippen LogP contribution in [-0.4, -0.2) is 23.0 Å². The molecule has 0 unspecified atom stereocenters. The maximum absolute atomic E-state index is 12.3. The first-order chi connectivity index (χ1) is 15.5. The highest BCUT2D eigenvalue weighted by atomic mass is 35.5. The van der Waals surface area contributed by atoms with E-state index in [1.807, 2.05) is 18.2 Å². The molecule has 160 valence electrons. The van der Waals surface area contributed by atoms with Crippen LogP contribution < -0.4 is 21.1 Å². The molecule has 1 heterocycles. The van der Waals surface area contributed by atoms with E-state index >= 15 is 0 Å². The molecule has 0 aliphatic heterocycles. The summed E-state index contributed by atoms with van der Waals surface area (Å²) in [5, 5.41) is 6.68. The third-order valence-corrected chi connectivity index (χ3v) is 4.93. The molecule has 1 amide bonds. The molecule has 1 aromatic heterocycles. The van der Waals surface area contributed by atoms with Crippen LogP contribution in [-0.2, 0) is 0 Å². The van der Waals surface area contributed by atoms with Crippen LogP contribution in [0.4, 0.5) is 22.9 Å². The van der Waals surface area contributed by atoms with Crippen molar-refractivity contribution >= 4 is 40.4 Å². The number of nitrogen functional groups attached to an aromatic ring is 1. The molecular formula is C24H20ClN5O2. The first-order valence-corrected chi connectivity index (χ1v) is 10.1. The predicted octanol–water partition coefficient (Wildman–Crippen LogP) is 5.38. The van der Waals surface area contributed by atoms with Crippen LogP contribution in [0.2, 0.25) is 5.02 Å². The van der Waals surface area contributed by atoms with E-state index in [-0.39, 0.29) is 5.91 Å². The smallest absolute Gasteiger partial charge is 0.255 e. The number of nitrogens with zero attached hydrogens (tertiary/aromatic N) is 2. The Morgan fingerprint density at radius 2 is 1.66 bits per heavy atom. The van der Waals surface area contributed by atoms with Crippen molar-refractivity contribution in [2.75, 3.05) is 23.5 Å². The van der Waals surface area contributed by atoms with E-state index in [0.717, 1.165) is 11.3 Å². The van der Waals surface area contributed by atoms with Gasteiger partial charge in [0.2, 0.25) is 0 Å². The third-order valence-electron chi connectivity index (χ3n) is 4.69. The fraction of sp³-hybridized carbons (Fsp3) is 0.0417. The fourth-order valence-corrected chi connectivity index (χ4v) is 3.25. The van der Waals surface area contributed by atoms with Crippen LogP contribution in [0.15, 0.2) is 79.1 Å². The lowest BCUT2D eigenvalue weighted by molar-refractivity contribution is 0.102. The maximum Gasteiger partial charge on any atom is 0.255 e. The minimum Gasteiger partial charge on any atom is -0.496 e. The number of carbonyl (C=O) groups is 1. The Hall–Kier alpha value is -4.10. The number of amides is 1. The quantitative estimate of drug-likeness (QED) is 0.344. The van der Waals surface area contributed by atoms with Gasteiger partial charge >= 0.3 is 0 Å². The van der Waals surface area contributed by atoms with Gasteiger partial charge in [-0.15, -0.1) is 0 Å². The second-order valence-corrected chi connectivity index (χ2v) is 7.35. The summed E-state index contributed by atoms with van der Waals surface area (Å²) in [5.74, 6) is 1.07. The Kier molecular flexibility index (Phi) is 6.19. The summed E-state index contributed by atoms with van der Waals surface area (Å²) in [5.41, 5.74) is 9.73. The van der Waals surface area contributed by atoms with Crippen LogP contribution in [0.25, 0.3) is 11.3 Å². The number of nitrogens with one attached hydrogen (secondary N) is 2. The molecule has 0 bridgehead atoms. The van der Waals surface area contributed by atoms with Gasteiger partial charge in [-0.2, -0.15) is 0 Å². The molecule has 0 aliphatic carbocycles. The average Bonchev–Trinajstić information content (AvgIpc) is 2.81. The van der Waals surface area contributed by atoms with E-state index < -0.39 is 0 Å². The number of ether oxygens (including phenoxy) is 1. The average molecular weight is 446 g/mol. The van der Waals surface area contributed by atoms with Gasteiger partial charge in [-0.3, -0.25) is 4.79 Å². The largest absolute Gasteiger partial charge is 0.496 e. The fourth-order valence-electron chi connectivity index (χ4n) is 3.08. The van der Waals surface area contributed by atoms with E-state index in [9.17, 15) is 4.79 Å². The van der Waals surface area contributed by atoms with Crippen LogP contribution in [0.1, 0.15) is 10.4 Å². The molecule has 4 rings (SSSR count). The highest BCUT2D eigenvalue weighted by Crippen LogP contribution is 2.32. The number of aromatic nitrogens is 2. The van der Waals surface area contributed by atoms with Gasteiger partial charge in [0.25, 0.3) is 5.91 Å². The molecule has 0 spiro atoms. The molecule has 4 aromatic rings. The number of anilines is 4. The van der Waals surface area contributed by atoms with Crippen molar-refractivity contribution in [1.82, 2.24) is 9.97 Å². The number of methoxy groups -OCH3 is 1. The number of benzene rings is 3. The van der Waals surface area contributed by atoms with Crippen molar-refractivity contribution in [2.24, 2.45) is 0 Å². The second kappa shape index (κ2) is 9.36. The monoisotopic (exact) mass is 445 g/mol. The summed E-state index contributed by atoms with van der Waals surface area (Å²) in [7, 11) is 1.60. The van der Waals surface area contributed by atoms with Crippen molar-refractivity contribution in [3.63, 3.8) is 0 Å². The molecule has 8 heteroatoms. The van der Waals surface area contributed by atoms with E-state index in [1.54, 1.807) is 61.7 Å². The lowest BCUT2D eigenvalue weighted by atomic mass is 10.1. The Balaban J connectivity index is 1.47. The van der Waals surface area contributed by atoms with Crippen molar-refractivity contribution in [3.05, 3.63) is 89.7 Å². The molecular weight excluding hydrogens is 426 g/mol. The summed E-state index contributed by atoms with van der Waals surface area (Å²) in [4.78, 5) is 21.0. The summed E-state index contributed by atoms with van der Waals surface area (Å²) in [6, 6.07) is 21.2. The highest BCUT2D eigenvalue weighted by molar-refractivity contribution is 6.31. The Bertz CT molecular complexity index is 1240. The molecule has 0 fully saturated rings. The van der Waals surface area contributed by atoms with Crippen LogP contribution in [0.3, 0.4) is 0 Å². The predicted molar refractivity (Wildman–Crippen MR) is 128 cm³/mol. The molecule has 7 nitrogen and oxygen atoms in total. The van der Waals surface area contributed by atoms with Gasteiger partial charge in [0.05, 0.1) is 12.8 Å². The SMILES string of the molecule is COc1ccc(Cl)cc1-c1cc(Nc2ccc(NC(=O)c3ccc(N)cc3)cc2)ncn1. The van der Waals surface area contributed by atoms with Gasteiger partial charge in [-0.25, -0.2) is 9.97 Å². The number of carbonyl (C=O) groups excluding carboxylic acids is 1. The zero-order chi connectivity index (χ0) is 22.5. The number of rotatable bonds is 6. The molecule has 0 radical (unpaired) electrons. The summed E-state index contributed by atoms with van der Waals surface area (Å²) in [6.07, 6.45) is 1.47. The Morgan fingerprint density at radius 1 is 0.938 bits per heavy atom. The van der Waals surface area contributed by atoms with Gasteiger partial charge in [0, 0.05) is 39.3 Å². The van der Waals surface area contributed by atoms with Gasteiger partial charge in [0.15, 0.2) is 0 Å². The normalized spacial score (nSPS) is 10.4.